The van der Waals surface area contributed by atoms with Crippen LogP contribution in [0.15, 0.2) is 53.1 Å². The molecule has 7 heteroatoms. The number of carbonyl (C=O) groups is 1. The standard InChI is InChI=1S/C18H12Cl2FNO3/c19-13-6-5-11(9-14(13)20)24-18(23)8-7-17-22-10-16(25-17)12-3-1-2-4-15(12)21/h1-6,9-10H,7-8H2. The molecule has 2 aromatic carbocycles. The van der Waals surface area contributed by atoms with Crippen LogP contribution in [0, 0.1) is 5.82 Å². The highest BCUT2D eigenvalue weighted by Gasteiger charge is 2.13. The minimum Gasteiger partial charge on any atom is -0.441 e. The molecule has 4 nitrogen and oxygen atoms in total. The molecule has 3 rings (SSSR count). The molecule has 25 heavy (non-hydrogen) atoms. The van der Waals surface area contributed by atoms with Gasteiger partial charge in [-0.25, -0.2) is 9.37 Å². The van der Waals surface area contributed by atoms with Gasteiger partial charge in [-0.3, -0.25) is 4.79 Å². The van der Waals surface area contributed by atoms with E-state index in [1.165, 1.54) is 18.3 Å². The summed E-state index contributed by atoms with van der Waals surface area (Å²) in [6.45, 7) is 0. The van der Waals surface area contributed by atoms with Crippen LogP contribution in [0.4, 0.5) is 4.39 Å². The first-order valence-electron chi connectivity index (χ1n) is 7.38. The Morgan fingerprint density at radius 2 is 1.96 bits per heavy atom. The Hall–Kier alpha value is -2.37. The molecule has 0 spiro atoms. The Kier molecular flexibility index (Phi) is 5.36. The first-order valence-corrected chi connectivity index (χ1v) is 8.14. The first-order chi connectivity index (χ1) is 12.0. The third kappa shape index (κ3) is 4.38. The number of esters is 1. The molecule has 0 aliphatic heterocycles. The molecule has 0 aliphatic rings. The van der Waals surface area contributed by atoms with E-state index >= 15 is 0 Å². The van der Waals surface area contributed by atoms with Crippen molar-refractivity contribution in [1.29, 1.82) is 0 Å². The summed E-state index contributed by atoms with van der Waals surface area (Å²) in [4.78, 5) is 15.9. The van der Waals surface area contributed by atoms with Crippen LogP contribution in [0.1, 0.15) is 12.3 Å². The summed E-state index contributed by atoms with van der Waals surface area (Å²) in [6, 6.07) is 10.8. The molecule has 3 aromatic rings. The van der Waals surface area contributed by atoms with Crippen molar-refractivity contribution in [3.8, 4) is 17.1 Å². The van der Waals surface area contributed by atoms with Crippen molar-refractivity contribution in [3.63, 3.8) is 0 Å². The van der Waals surface area contributed by atoms with Gasteiger partial charge < -0.3 is 9.15 Å². The van der Waals surface area contributed by atoms with Crippen LogP contribution in [0.5, 0.6) is 5.75 Å². The van der Waals surface area contributed by atoms with E-state index in [9.17, 15) is 9.18 Å². The van der Waals surface area contributed by atoms with Gasteiger partial charge in [0, 0.05) is 12.5 Å². The van der Waals surface area contributed by atoms with E-state index < -0.39 is 11.8 Å². The molecular weight excluding hydrogens is 368 g/mol. The molecule has 1 aromatic heterocycles. The number of ether oxygens (including phenoxy) is 1. The minimum absolute atomic E-state index is 0.0530. The van der Waals surface area contributed by atoms with Crippen molar-refractivity contribution >= 4 is 29.2 Å². The summed E-state index contributed by atoms with van der Waals surface area (Å²) in [6.07, 6.45) is 1.71. The lowest BCUT2D eigenvalue weighted by Crippen LogP contribution is -2.09. The normalized spacial score (nSPS) is 10.7. The smallest absolute Gasteiger partial charge is 0.311 e. The molecule has 0 aliphatic carbocycles. The lowest BCUT2D eigenvalue weighted by molar-refractivity contribution is -0.134. The summed E-state index contributed by atoms with van der Waals surface area (Å²) in [5, 5.41) is 0.677. The maximum atomic E-state index is 13.7. The SMILES string of the molecule is O=C(CCc1ncc(-c2ccccc2F)o1)Oc1ccc(Cl)c(Cl)c1. The molecule has 0 saturated carbocycles. The maximum absolute atomic E-state index is 13.7. The molecular formula is C18H12Cl2FNO3. The van der Waals surface area contributed by atoms with Crippen molar-refractivity contribution in [2.24, 2.45) is 0 Å². The molecule has 0 fully saturated rings. The number of halogens is 3. The van der Waals surface area contributed by atoms with Gasteiger partial charge in [-0.2, -0.15) is 0 Å². The lowest BCUT2D eigenvalue weighted by atomic mass is 10.2. The summed E-state index contributed by atoms with van der Waals surface area (Å²) in [5.41, 5.74) is 0.319. The highest BCUT2D eigenvalue weighted by molar-refractivity contribution is 6.42. The zero-order valence-electron chi connectivity index (χ0n) is 12.8. The van der Waals surface area contributed by atoms with Gasteiger partial charge >= 0.3 is 5.97 Å². The van der Waals surface area contributed by atoms with Gasteiger partial charge in [0.2, 0.25) is 0 Å². The molecule has 1 heterocycles. The van der Waals surface area contributed by atoms with Crippen LogP contribution in [-0.2, 0) is 11.2 Å². The predicted molar refractivity (Wildman–Crippen MR) is 92.3 cm³/mol. The molecule has 0 saturated heterocycles. The third-order valence-corrected chi connectivity index (χ3v) is 4.10. The maximum Gasteiger partial charge on any atom is 0.311 e. The summed E-state index contributed by atoms with van der Waals surface area (Å²) < 4.78 is 24.4. The second-order valence-corrected chi connectivity index (χ2v) is 5.96. The lowest BCUT2D eigenvalue weighted by Gasteiger charge is -2.04. The number of aromatic nitrogens is 1. The average Bonchev–Trinajstić information content (AvgIpc) is 3.05. The van der Waals surface area contributed by atoms with Gasteiger partial charge in [-0.15, -0.1) is 0 Å². The number of carbonyl (C=O) groups excluding carboxylic acids is 1. The molecule has 0 bridgehead atoms. The van der Waals surface area contributed by atoms with E-state index in [4.69, 9.17) is 32.4 Å². The van der Waals surface area contributed by atoms with E-state index in [0.29, 0.717) is 33.0 Å². The van der Waals surface area contributed by atoms with Gasteiger partial charge in [0.05, 0.1) is 28.2 Å². The Balaban J connectivity index is 1.59. The number of benzene rings is 2. The highest BCUT2D eigenvalue weighted by Crippen LogP contribution is 2.27. The molecule has 0 atom stereocenters. The van der Waals surface area contributed by atoms with Crippen LogP contribution in [-0.4, -0.2) is 11.0 Å². The third-order valence-electron chi connectivity index (χ3n) is 3.36. The zero-order valence-corrected chi connectivity index (χ0v) is 14.4. The van der Waals surface area contributed by atoms with Crippen LogP contribution in [0.25, 0.3) is 11.3 Å². The quantitative estimate of drug-likeness (QED) is 0.444. The molecule has 128 valence electrons. The van der Waals surface area contributed by atoms with E-state index in [1.54, 1.807) is 30.3 Å². The van der Waals surface area contributed by atoms with Crippen molar-refractivity contribution < 1.29 is 18.3 Å². The van der Waals surface area contributed by atoms with Gasteiger partial charge in [-0.05, 0) is 24.3 Å². The topological polar surface area (TPSA) is 52.3 Å². The summed E-state index contributed by atoms with van der Waals surface area (Å²) in [7, 11) is 0. The fourth-order valence-electron chi connectivity index (χ4n) is 2.14. The van der Waals surface area contributed by atoms with Crippen LogP contribution < -0.4 is 4.74 Å². The van der Waals surface area contributed by atoms with Crippen LogP contribution in [0.2, 0.25) is 10.0 Å². The van der Waals surface area contributed by atoms with E-state index in [1.807, 2.05) is 0 Å². The van der Waals surface area contributed by atoms with E-state index in [2.05, 4.69) is 4.98 Å². The van der Waals surface area contributed by atoms with E-state index in [-0.39, 0.29) is 12.8 Å². The fraction of sp³-hybridized carbons (Fsp3) is 0.111. The number of hydrogen-bond acceptors (Lipinski definition) is 4. The Morgan fingerprint density at radius 3 is 2.72 bits per heavy atom. The van der Waals surface area contributed by atoms with Crippen LogP contribution in [0.3, 0.4) is 0 Å². The fourth-order valence-corrected chi connectivity index (χ4v) is 2.43. The Morgan fingerprint density at radius 1 is 1.16 bits per heavy atom. The summed E-state index contributed by atoms with van der Waals surface area (Å²) >= 11 is 11.7. The second kappa shape index (κ2) is 7.68. The number of nitrogens with zero attached hydrogens (tertiary/aromatic N) is 1. The second-order valence-electron chi connectivity index (χ2n) is 5.15. The van der Waals surface area contributed by atoms with Crippen molar-refractivity contribution in [2.75, 3.05) is 0 Å². The molecule has 0 N–H and O–H groups in total. The van der Waals surface area contributed by atoms with Gasteiger partial charge in [-0.1, -0.05) is 35.3 Å². The Labute approximate surface area is 153 Å². The van der Waals surface area contributed by atoms with Crippen molar-refractivity contribution in [3.05, 3.63) is 70.4 Å². The molecule has 0 radical (unpaired) electrons. The van der Waals surface area contributed by atoms with E-state index in [0.717, 1.165) is 0 Å². The summed E-state index contributed by atoms with van der Waals surface area (Å²) in [5.74, 6) is 0.0717. The zero-order chi connectivity index (χ0) is 17.8. The number of hydrogen-bond donors (Lipinski definition) is 0. The monoisotopic (exact) mass is 379 g/mol. The largest absolute Gasteiger partial charge is 0.441 e. The number of aryl methyl sites for hydroxylation is 1. The highest BCUT2D eigenvalue weighted by atomic mass is 35.5. The van der Waals surface area contributed by atoms with Gasteiger partial charge in [0.15, 0.2) is 11.7 Å². The van der Waals surface area contributed by atoms with Crippen molar-refractivity contribution in [1.82, 2.24) is 4.98 Å². The molecule has 0 unspecified atom stereocenters. The minimum atomic E-state index is -0.468. The first kappa shape index (κ1) is 17.5. The number of rotatable bonds is 5. The van der Waals surface area contributed by atoms with Crippen molar-refractivity contribution in [2.45, 2.75) is 12.8 Å². The predicted octanol–water partition coefficient (Wildman–Crippen LogP) is 5.33. The average molecular weight is 380 g/mol. The number of oxazole rings is 1. The molecule has 0 amide bonds. The van der Waals surface area contributed by atoms with Crippen LogP contribution >= 0.6 is 23.2 Å². The Bertz CT molecular complexity index is 911. The van der Waals surface area contributed by atoms with Gasteiger partial charge in [0.1, 0.15) is 11.6 Å². The van der Waals surface area contributed by atoms with Gasteiger partial charge in [0.25, 0.3) is 0 Å².